The average Bonchev–Trinajstić information content (AvgIpc) is 2.52. The molecule has 2 amide bonds. The number of carbonyl (C=O) groups is 3. The lowest BCUT2D eigenvalue weighted by atomic mass is 10.1. The molecule has 0 heterocycles. The Hall–Kier alpha value is -2.61. The molecule has 0 aliphatic carbocycles. The summed E-state index contributed by atoms with van der Waals surface area (Å²) in [6.45, 7) is -0.452. The highest BCUT2D eigenvalue weighted by atomic mass is 16.5. The first-order valence-electron chi connectivity index (χ1n) is 6.04. The summed E-state index contributed by atoms with van der Waals surface area (Å²) >= 11 is 0. The molecule has 0 bridgehead atoms. The zero-order valence-corrected chi connectivity index (χ0v) is 11.8. The van der Waals surface area contributed by atoms with E-state index in [0.29, 0.717) is 5.75 Å². The van der Waals surface area contributed by atoms with Gasteiger partial charge in [0.1, 0.15) is 5.75 Å². The molecule has 8 nitrogen and oxygen atoms in total. The molecule has 0 unspecified atom stereocenters. The summed E-state index contributed by atoms with van der Waals surface area (Å²) < 4.78 is 9.65. The molecule has 114 valence electrons. The van der Waals surface area contributed by atoms with Gasteiger partial charge in [-0.3, -0.25) is 9.59 Å². The Bertz CT molecular complexity index is 545. The van der Waals surface area contributed by atoms with Crippen molar-refractivity contribution in [1.82, 2.24) is 5.32 Å². The molecule has 0 aliphatic rings. The molecular formula is C13H17N3O5. The van der Waals surface area contributed by atoms with Crippen LogP contribution in [-0.2, 0) is 14.3 Å². The van der Waals surface area contributed by atoms with E-state index in [9.17, 15) is 14.4 Å². The average molecular weight is 295 g/mol. The smallest absolute Gasteiger partial charge is 0.340 e. The fourth-order valence-corrected chi connectivity index (χ4v) is 1.48. The van der Waals surface area contributed by atoms with Crippen LogP contribution in [-0.4, -0.2) is 45.1 Å². The summed E-state index contributed by atoms with van der Waals surface area (Å²) in [7, 11) is 2.69. The van der Waals surface area contributed by atoms with Crippen LogP contribution in [0, 0.1) is 0 Å². The highest BCUT2D eigenvalue weighted by Gasteiger charge is 2.15. The molecule has 0 fully saturated rings. The Morgan fingerprint density at radius 2 is 1.90 bits per heavy atom. The van der Waals surface area contributed by atoms with Gasteiger partial charge in [0.25, 0.3) is 0 Å². The predicted molar refractivity (Wildman–Crippen MR) is 75.0 cm³/mol. The Kier molecular flexibility index (Phi) is 6.15. The fourth-order valence-electron chi connectivity index (χ4n) is 1.48. The van der Waals surface area contributed by atoms with Crippen LogP contribution in [0.3, 0.4) is 0 Å². The van der Waals surface area contributed by atoms with E-state index in [1.54, 1.807) is 6.07 Å². The van der Waals surface area contributed by atoms with Crippen molar-refractivity contribution in [3.05, 3.63) is 23.8 Å². The topological polar surface area (TPSA) is 120 Å². The standard InChI is InChI=1S/C13H17N3O5/c1-20-8-3-4-10(9(5-8)13(19)21-2)16-12(18)7-15-11(17)6-14/h3-5H,6-7,14H2,1-2H3,(H,15,17)(H,16,18). The maximum absolute atomic E-state index is 11.7. The van der Waals surface area contributed by atoms with Crippen LogP contribution in [0.2, 0.25) is 0 Å². The summed E-state index contributed by atoms with van der Waals surface area (Å²) in [5.74, 6) is -1.11. The lowest BCUT2D eigenvalue weighted by Crippen LogP contribution is -2.36. The molecule has 0 radical (unpaired) electrons. The highest BCUT2D eigenvalue weighted by molar-refractivity contribution is 6.02. The summed E-state index contributed by atoms with van der Waals surface area (Å²) in [6, 6.07) is 4.54. The molecule has 1 aromatic rings. The van der Waals surface area contributed by atoms with Crippen molar-refractivity contribution in [2.75, 3.05) is 32.6 Å². The van der Waals surface area contributed by atoms with Gasteiger partial charge in [0.15, 0.2) is 0 Å². The lowest BCUT2D eigenvalue weighted by Gasteiger charge is -2.11. The van der Waals surface area contributed by atoms with Gasteiger partial charge in [-0.05, 0) is 18.2 Å². The molecule has 21 heavy (non-hydrogen) atoms. The van der Waals surface area contributed by atoms with E-state index in [0.717, 1.165) is 0 Å². The van der Waals surface area contributed by atoms with Gasteiger partial charge in [0, 0.05) is 0 Å². The number of benzene rings is 1. The zero-order chi connectivity index (χ0) is 15.8. The van der Waals surface area contributed by atoms with Gasteiger partial charge in [-0.1, -0.05) is 0 Å². The maximum atomic E-state index is 11.7. The first kappa shape index (κ1) is 16.4. The van der Waals surface area contributed by atoms with Crippen LogP contribution in [0.25, 0.3) is 0 Å². The number of amides is 2. The van der Waals surface area contributed by atoms with Crippen LogP contribution < -0.4 is 21.1 Å². The third-order valence-electron chi connectivity index (χ3n) is 2.54. The molecule has 0 atom stereocenters. The number of rotatable bonds is 6. The molecule has 1 aromatic carbocycles. The molecule has 4 N–H and O–H groups in total. The number of hydrogen-bond acceptors (Lipinski definition) is 6. The minimum Gasteiger partial charge on any atom is -0.497 e. The van der Waals surface area contributed by atoms with E-state index in [-0.39, 0.29) is 24.3 Å². The van der Waals surface area contributed by atoms with E-state index in [1.165, 1.54) is 26.4 Å². The monoisotopic (exact) mass is 295 g/mol. The van der Waals surface area contributed by atoms with Gasteiger partial charge in [-0.2, -0.15) is 0 Å². The molecule has 0 saturated carbocycles. The van der Waals surface area contributed by atoms with Crippen molar-refractivity contribution in [2.24, 2.45) is 5.73 Å². The number of hydrogen-bond donors (Lipinski definition) is 3. The van der Waals surface area contributed by atoms with Crippen molar-refractivity contribution in [3.63, 3.8) is 0 Å². The van der Waals surface area contributed by atoms with Crippen LogP contribution in [0.5, 0.6) is 5.75 Å². The van der Waals surface area contributed by atoms with E-state index in [1.807, 2.05) is 0 Å². The first-order chi connectivity index (χ1) is 10.0. The van der Waals surface area contributed by atoms with Crippen LogP contribution in [0.4, 0.5) is 5.69 Å². The molecular weight excluding hydrogens is 278 g/mol. The Morgan fingerprint density at radius 1 is 1.19 bits per heavy atom. The van der Waals surface area contributed by atoms with Crippen LogP contribution in [0.1, 0.15) is 10.4 Å². The van der Waals surface area contributed by atoms with E-state index >= 15 is 0 Å². The number of nitrogens with two attached hydrogens (primary N) is 1. The lowest BCUT2D eigenvalue weighted by molar-refractivity contribution is -0.123. The number of ether oxygens (including phenoxy) is 2. The minimum absolute atomic E-state index is 0.148. The molecule has 0 aliphatic heterocycles. The molecule has 0 aromatic heterocycles. The third-order valence-corrected chi connectivity index (χ3v) is 2.54. The van der Waals surface area contributed by atoms with Gasteiger partial charge in [0.05, 0.1) is 38.6 Å². The second-order valence-corrected chi connectivity index (χ2v) is 3.93. The number of esters is 1. The second-order valence-electron chi connectivity index (χ2n) is 3.93. The van der Waals surface area contributed by atoms with Crippen molar-refractivity contribution >= 4 is 23.5 Å². The Balaban J connectivity index is 2.84. The zero-order valence-electron chi connectivity index (χ0n) is 11.8. The van der Waals surface area contributed by atoms with Gasteiger partial charge in [-0.15, -0.1) is 0 Å². The van der Waals surface area contributed by atoms with Crippen LogP contribution in [0.15, 0.2) is 18.2 Å². The quantitative estimate of drug-likeness (QED) is 0.608. The third kappa shape index (κ3) is 4.77. The fraction of sp³-hybridized carbons (Fsp3) is 0.308. The van der Waals surface area contributed by atoms with E-state index in [2.05, 4.69) is 15.4 Å². The predicted octanol–water partition coefficient (Wildman–Crippen LogP) is -0.505. The molecule has 1 rings (SSSR count). The van der Waals surface area contributed by atoms with Gasteiger partial charge in [-0.25, -0.2) is 4.79 Å². The number of nitrogens with one attached hydrogen (secondary N) is 2. The van der Waals surface area contributed by atoms with Gasteiger partial charge in [0.2, 0.25) is 11.8 Å². The number of anilines is 1. The van der Waals surface area contributed by atoms with Crippen molar-refractivity contribution in [2.45, 2.75) is 0 Å². The molecule has 0 saturated heterocycles. The summed E-state index contributed by atoms with van der Waals surface area (Å²) in [5.41, 5.74) is 5.51. The largest absolute Gasteiger partial charge is 0.497 e. The Labute approximate surface area is 121 Å². The van der Waals surface area contributed by atoms with Crippen molar-refractivity contribution in [3.8, 4) is 5.75 Å². The van der Waals surface area contributed by atoms with Gasteiger partial charge < -0.3 is 25.8 Å². The highest BCUT2D eigenvalue weighted by Crippen LogP contribution is 2.22. The van der Waals surface area contributed by atoms with Crippen LogP contribution >= 0.6 is 0 Å². The number of methoxy groups -OCH3 is 2. The van der Waals surface area contributed by atoms with E-state index in [4.69, 9.17) is 10.5 Å². The minimum atomic E-state index is -0.616. The van der Waals surface area contributed by atoms with Gasteiger partial charge >= 0.3 is 5.97 Å². The Morgan fingerprint density at radius 3 is 2.48 bits per heavy atom. The second kappa shape index (κ2) is 7.85. The maximum Gasteiger partial charge on any atom is 0.340 e. The van der Waals surface area contributed by atoms with Crippen molar-refractivity contribution < 1.29 is 23.9 Å². The molecule has 8 heteroatoms. The first-order valence-corrected chi connectivity index (χ1v) is 6.04. The summed E-state index contributed by atoms with van der Waals surface area (Å²) in [4.78, 5) is 34.3. The number of carbonyl (C=O) groups excluding carboxylic acids is 3. The van der Waals surface area contributed by atoms with Crippen molar-refractivity contribution in [1.29, 1.82) is 0 Å². The molecule has 0 spiro atoms. The normalized spacial score (nSPS) is 9.67. The summed E-state index contributed by atoms with van der Waals surface area (Å²) in [6.07, 6.45) is 0. The van der Waals surface area contributed by atoms with E-state index < -0.39 is 17.8 Å². The summed E-state index contributed by atoms with van der Waals surface area (Å²) in [5, 5.41) is 4.83. The SMILES string of the molecule is COC(=O)c1cc(OC)ccc1NC(=O)CNC(=O)CN.